The number of hydrogen-bond acceptors (Lipinski definition) is 3. The number of para-hydroxylation sites is 1. The fourth-order valence-corrected chi connectivity index (χ4v) is 3.42. The van der Waals surface area contributed by atoms with E-state index in [1.165, 1.54) is 12.8 Å². The van der Waals surface area contributed by atoms with E-state index >= 15 is 0 Å². The first kappa shape index (κ1) is 16.3. The predicted molar refractivity (Wildman–Crippen MR) is 86.4 cm³/mol. The fourth-order valence-electron chi connectivity index (χ4n) is 3.42. The minimum absolute atomic E-state index is 0.479. The normalized spacial score (nSPS) is 24.3. The van der Waals surface area contributed by atoms with Crippen molar-refractivity contribution in [3.8, 4) is 5.75 Å². The Labute approximate surface area is 128 Å². The number of likely N-dealkylation sites (tertiary alicyclic amines) is 1. The van der Waals surface area contributed by atoms with Gasteiger partial charge < -0.3 is 9.84 Å². The third-order valence-electron chi connectivity index (χ3n) is 4.64. The van der Waals surface area contributed by atoms with E-state index < -0.39 is 11.8 Å². The summed E-state index contributed by atoms with van der Waals surface area (Å²) in [7, 11) is 0. The van der Waals surface area contributed by atoms with E-state index in [0.29, 0.717) is 12.3 Å². The molecule has 1 aliphatic heterocycles. The molecule has 1 saturated heterocycles. The van der Waals surface area contributed by atoms with Crippen molar-refractivity contribution in [2.75, 3.05) is 13.1 Å². The van der Waals surface area contributed by atoms with Crippen molar-refractivity contribution in [2.45, 2.75) is 58.3 Å². The van der Waals surface area contributed by atoms with Gasteiger partial charge >= 0.3 is 0 Å². The molecule has 21 heavy (non-hydrogen) atoms. The fraction of sp³-hybridized carbons (Fsp3) is 0.667. The second kappa shape index (κ2) is 7.28. The molecule has 1 aromatic carbocycles. The van der Waals surface area contributed by atoms with Gasteiger partial charge in [-0.3, -0.25) is 4.90 Å². The molecule has 3 nitrogen and oxygen atoms in total. The molecule has 0 aromatic heterocycles. The van der Waals surface area contributed by atoms with Crippen LogP contribution in [0, 0.1) is 5.92 Å². The smallest absolute Gasteiger partial charge is 0.189 e. The van der Waals surface area contributed by atoms with Crippen LogP contribution in [0.4, 0.5) is 0 Å². The van der Waals surface area contributed by atoms with Gasteiger partial charge in [0.1, 0.15) is 11.9 Å². The molecule has 2 rings (SSSR count). The number of aliphatic hydroxyl groups is 1. The third kappa shape index (κ3) is 3.58. The monoisotopic (exact) mass is 291 g/mol. The van der Waals surface area contributed by atoms with Gasteiger partial charge in [0.25, 0.3) is 0 Å². The van der Waals surface area contributed by atoms with Gasteiger partial charge in [-0.1, -0.05) is 39.0 Å². The van der Waals surface area contributed by atoms with Crippen molar-refractivity contribution in [3.05, 3.63) is 30.3 Å². The van der Waals surface area contributed by atoms with Crippen LogP contribution in [-0.2, 0) is 0 Å². The molecule has 1 N–H and O–H groups in total. The molecular weight excluding hydrogens is 262 g/mol. The lowest BCUT2D eigenvalue weighted by Crippen LogP contribution is -2.62. The van der Waals surface area contributed by atoms with Gasteiger partial charge in [-0.05, 0) is 37.3 Å². The summed E-state index contributed by atoms with van der Waals surface area (Å²) in [4.78, 5) is 2.36. The number of piperidine rings is 1. The maximum absolute atomic E-state index is 10.7. The highest BCUT2D eigenvalue weighted by atomic mass is 16.5. The topological polar surface area (TPSA) is 32.7 Å². The first-order chi connectivity index (χ1) is 10.1. The first-order valence-corrected chi connectivity index (χ1v) is 8.29. The van der Waals surface area contributed by atoms with E-state index in [1.54, 1.807) is 0 Å². The summed E-state index contributed by atoms with van der Waals surface area (Å²) in [6, 6.07) is 9.89. The molecule has 0 bridgehead atoms. The molecule has 0 aliphatic carbocycles. The number of rotatable bonds is 6. The molecule has 3 heteroatoms. The SMILES string of the molecule is CCC(O)C(CC)(Oc1ccccc1)N1CCCC(C)C1. The first-order valence-electron chi connectivity index (χ1n) is 8.29. The molecule has 118 valence electrons. The van der Waals surface area contributed by atoms with E-state index in [4.69, 9.17) is 4.74 Å². The van der Waals surface area contributed by atoms with Crippen LogP contribution in [0.3, 0.4) is 0 Å². The van der Waals surface area contributed by atoms with Crippen LogP contribution in [-0.4, -0.2) is 34.9 Å². The Balaban J connectivity index is 2.28. The Bertz CT molecular complexity index is 422. The second-order valence-electron chi connectivity index (χ2n) is 6.23. The number of benzene rings is 1. The van der Waals surface area contributed by atoms with Crippen molar-refractivity contribution in [1.82, 2.24) is 4.90 Å². The molecule has 1 aliphatic rings. The van der Waals surface area contributed by atoms with Gasteiger partial charge in [0.15, 0.2) is 5.72 Å². The summed E-state index contributed by atoms with van der Waals surface area (Å²) in [5.41, 5.74) is -0.606. The van der Waals surface area contributed by atoms with Crippen LogP contribution < -0.4 is 4.74 Å². The van der Waals surface area contributed by atoms with E-state index in [2.05, 4.69) is 18.7 Å². The highest BCUT2D eigenvalue weighted by molar-refractivity contribution is 5.22. The standard InChI is InChI=1S/C18H29NO2/c1-4-17(20)18(5-2,19-13-9-10-15(3)14-19)21-16-11-7-6-8-12-16/h6-8,11-12,15,17,20H,4-5,9-10,13-14H2,1-3H3. The van der Waals surface area contributed by atoms with Crippen molar-refractivity contribution < 1.29 is 9.84 Å². The summed E-state index contributed by atoms with van der Waals surface area (Å²) in [6.07, 6.45) is 3.45. The molecule has 1 fully saturated rings. The number of hydrogen-bond donors (Lipinski definition) is 1. The van der Waals surface area contributed by atoms with Crippen LogP contribution in [0.15, 0.2) is 30.3 Å². The zero-order valence-electron chi connectivity index (χ0n) is 13.6. The number of nitrogens with zero attached hydrogens (tertiary/aromatic N) is 1. The molecule has 0 amide bonds. The van der Waals surface area contributed by atoms with Crippen LogP contribution in [0.25, 0.3) is 0 Å². The van der Waals surface area contributed by atoms with Crippen LogP contribution in [0.1, 0.15) is 46.5 Å². The third-order valence-corrected chi connectivity index (χ3v) is 4.64. The quantitative estimate of drug-likeness (QED) is 0.868. The van der Waals surface area contributed by atoms with Crippen molar-refractivity contribution in [1.29, 1.82) is 0 Å². The molecule has 3 atom stereocenters. The van der Waals surface area contributed by atoms with Crippen molar-refractivity contribution in [2.24, 2.45) is 5.92 Å². The minimum atomic E-state index is -0.606. The molecule has 1 heterocycles. The number of aliphatic hydroxyl groups excluding tert-OH is 1. The summed E-state index contributed by atoms with van der Waals surface area (Å²) < 4.78 is 6.37. The van der Waals surface area contributed by atoms with E-state index in [9.17, 15) is 5.11 Å². The van der Waals surface area contributed by atoms with Gasteiger partial charge in [0, 0.05) is 19.5 Å². The van der Waals surface area contributed by atoms with Crippen LogP contribution >= 0.6 is 0 Å². The van der Waals surface area contributed by atoms with E-state index in [0.717, 1.165) is 25.3 Å². The second-order valence-corrected chi connectivity index (χ2v) is 6.23. The van der Waals surface area contributed by atoms with Gasteiger partial charge in [0.2, 0.25) is 0 Å². The van der Waals surface area contributed by atoms with Gasteiger partial charge in [0.05, 0.1) is 0 Å². The molecule has 0 saturated carbocycles. The Morgan fingerprint density at radius 3 is 2.62 bits per heavy atom. The largest absolute Gasteiger partial charge is 0.470 e. The average molecular weight is 291 g/mol. The summed E-state index contributed by atoms with van der Waals surface area (Å²) in [6.45, 7) is 8.42. The Hall–Kier alpha value is -1.06. The zero-order chi connectivity index (χ0) is 15.3. The van der Waals surface area contributed by atoms with Crippen molar-refractivity contribution in [3.63, 3.8) is 0 Å². The van der Waals surface area contributed by atoms with E-state index in [-0.39, 0.29) is 0 Å². The summed E-state index contributed by atoms with van der Waals surface area (Å²) in [5.74, 6) is 1.50. The highest BCUT2D eigenvalue weighted by Crippen LogP contribution is 2.33. The van der Waals surface area contributed by atoms with Crippen molar-refractivity contribution >= 4 is 0 Å². The lowest BCUT2D eigenvalue weighted by Gasteiger charge is -2.48. The lowest BCUT2D eigenvalue weighted by atomic mass is 9.92. The lowest BCUT2D eigenvalue weighted by molar-refractivity contribution is -0.173. The van der Waals surface area contributed by atoms with Gasteiger partial charge in [-0.25, -0.2) is 0 Å². The molecular formula is C18H29NO2. The van der Waals surface area contributed by atoms with Gasteiger partial charge in [-0.2, -0.15) is 0 Å². The number of ether oxygens (including phenoxy) is 1. The zero-order valence-corrected chi connectivity index (χ0v) is 13.6. The summed E-state index contributed by atoms with van der Waals surface area (Å²) in [5, 5.41) is 10.7. The Morgan fingerprint density at radius 2 is 2.05 bits per heavy atom. The molecule has 3 unspecified atom stereocenters. The van der Waals surface area contributed by atoms with Crippen LogP contribution in [0.5, 0.6) is 5.75 Å². The predicted octanol–water partition coefficient (Wildman–Crippen LogP) is 3.67. The Kier molecular flexibility index (Phi) is 5.65. The highest BCUT2D eigenvalue weighted by Gasteiger charge is 2.44. The maximum atomic E-state index is 10.7. The van der Waals surface area contributed by atoms with Crippen LogP contribution in [0.2, 0.25) is 0 Å². The molecule has 0 radical (unpaired) electrons. The molecule has 0 spiro atoms. The van der Waals surface area contributed by atoms with E-state index in [1.807, 2.05) is 37.3 Å². The molecule has 1 aromatic rings. The minimum Gasteiger partial charge on any atom is -0.470 e. The Morgan fingerprint density at radius 1 is 1.33 bits per heavy atom. The summed E-state index contributed by atoms with van der Waals surface area (Å²) >= 11 is 0. The average Bonchev–Trinajstić information content (AvgIpc) is 2.53. The maximum Gasteiger partial charge on any atom is 0.189 e. The van der Waals surface area contributed by atoms with Gasteiger partial charge in [-0.15, -0.1) is 0 Å².